The normalized spacial score (nSPS) is 11.6. The fourth-order valence-electron chi connectivity index (χ4n) is 1.76. The molecule has 1 aromatic heterocycles. The summed E-state index contributed by atoms with van der Waals surface area (Å²) in [6, 6.07) is 0. The molecule has 14 heavy (non-hydrogen) atoms. The number of nitrogens with zero attached hydrogens (tertiary/aromatic N) is 1. The Hall–Kier alpha value is -0.830. The summed E-state index contributed by atoms with van der Waals surface area (Å²) in [6.07, 6.45) is 0.928. The fraction of sp³-hybridized carbons (Fsp3) is 0.727. The molecule has 0 aliphatic carbocycles. The number of H-pyrrole nitrogens is 1. The van der Waals surface area contributed by atoms with Crippen molar-refractivity contribution >= 4 is 0 Å². The highest BCUT2D eigenvalue weighted by atomic mass is 15.1. The van der Waals surface area contributed by atoms with Crippen LogP contribution >= 0.6 is 0 Å². The molecule has 0 spiro atoms. The Morgan fingerprint density at radius 3 is 2.29 bits per heavy atom. The summed E-state index contributed by atoms with van der Waals surface area (Å²) in [5.41, 5.74) is 9.38. The van der Waals surface area contributed by atoms with Crippen molar-refractivity contribution in [2.24, 2.45) is 5.73 Å². The summed E-state index contributed by atoms with van der Waals surface area (Å²) in [7, 11) is 0. The summed E-state index contributed by atoms with van der Waals surface area (Å²) in [4.78, 5) is 0. The van der Waals surface area contributed by atoms with E-state index in [4.69, 9.17) is 5.73 Å². The van der Waals surface area contributed by atoms with Gasteiger partial charge in [0.15, 0.2) is 0 Å². The first-order valence-corrected chi connectivity index (χ1v) is 5.35. The molecular weight excluding hydrogens is 174 g/mol. The number of nitrogens with two attached hydrogens (primary N) is 1. The van der Waals surface area contributed by atoms with Crippen molar-refractivity contribution in [2.45, 2.75) is 46.0 Å². The van der Waals surface area contributed by atoms with Crippen molar-refractivity contribution in [3.05, 3.63) is 17.0 Å². The van der Waals surface area contributed by atoms with E-state index in [1.54, 1.807) is 0 Å². The molecule has 0 radical (unpaired) electrons. The van der Waals surface area contributed by atoms with Gasteiger partial charge in [-0.1, -0.05) is 27.7 Å². The van der Waals surface area contributed by atoms with E-state index >= 15 is 0 Å². The van der Waals surface area contributed by atoms with E-state index in [0.717, 1.165) is 6.42 Å². The Morgan fingerprint density at radius 2 is 1.86 bits per heavy atom. The summed E-state index contributed by atoms with van der Waals surface area (Å²) >= 11 is 0. The number of aromatic amines is 1. The minimum absolute atomic E-state index is 0.472. The quantitative estimate of drug-likeness (QED) is 0.773. The largest absolute Gasteiger partial charge is 0.330 e. The van der Waals surface area contributed by atoms with E-state index < -0.39 is 0 Å². The topological polar surface area (TPSA) is 54.7 Å². The van der Waals surface area contributed by atoms with E-state index in [9.17, 15) is 0 Å². The summed E-state index contributed by atoms with van der Waals surface area (Å²) in [5.74, 6) is 0.969. The van der Waals surface area contributed by atoms with Gasteiger partial charge in [-0.05, 0) is 30.4 Å². The molecule has 0 saturated carbocycles. The highest BCUT2D eigenvalue weighted by Crippen LogP contribution is 2.25. The molecule has 0 unspecified atom stereocenters. The molecule has 0 bridgehead atoms. The van der Waals surface area contributed by atoms with Gasteiger partial charge in [0.25, 0.3) is 0 Å². The molecule has 0 aromatic carbocycles. The Morgan fingerprint density at radius 1 is 1.21 bits per heavy atom. The maximum atomic E-state index is 5.62. The molecule has 0 aliphatic heterocycles. The maximum absolute atomic E-state index is 5.62. The van der Waals surface area contributed by atoms with E-state index in [2.05, 4.69) is 37.9 Å². The third-order valence-electron chi connectivity index (χ3n) is 2.45. The number of nitrogens with one attached hydrogen (secondary N) is 1. The highest BCUT2D eigenvalue weighted by molar-refractivity contribution is 5.30. The first-order valence-electron chi connectivity index (χ1n) is 5.35. The highest BCUT2D eigenvalue weighted by Gasteiger charge is 2.16. The van der Waals surface area contributed by atoms with Gasteiger partial charge in [-0.2, -0.15) is 5.10 Å². The van der Waals surface area contributed by atoms with Gasteiger partial charge in [-0.3, -0.25) is 5.10 Å². The smallest absolute Gasteiger partial charge is 0.0682 e. The van der Waals surface area contributed by atoms with Crippen LogP contribution in [0.15, 0.2) is 0 Å². The lowest BCUT2D eigenvalue weighted by Crippen LogP contribution is -2.07. The second-order valence-corrected chi connectivity index (χ2v) is 4.35. The van der Waals surface area contributed by atoms with Crippen molar-refractivity contribution in [3.63, 3.8) is 0 Å². The van der Waals surface area contributed by atoms with Gasteiger partial charge in [-0.15, -0.1) is 0 Å². The third kappa shape index (κ3) is 2.15. The average molecular weight is 195 g/mol. The second-order valence-electron chi connectivity index (χ2n) is 4.35. The number of hydrogen-bond donors (Lipinski definition) is 2. The third-order valence-corrected chi connectivity index (χ3v) is 2.45. The predicted octanol–water partition coefficient (Wildman–Crippen LogP) is 2.16. The van der Waals surface area contributed by atoms with Crippen LogP contribution in [-0.2, 0) is 6.42 Å². The molecule has 3 nitrogen and oxygen atoms in total. The van der Waals surface area contributed by atoms with Crippen LogP contribution in [-0.4, -0.2) is 16.7 Å². The van der Waals surface area contributed by atoms with Gasteiger partial charge < -0.3 is 5.73 Å². The number of hydrogen-bond acceptors (Lipinski definition) is 2. The zero-order valence-electron chi connectivity index (χ0n) is 9.59. The van der Waals surface area contributed by atoms with Gasteiger partial charge in [0, 0.05) is 5.69 Å². The molecule has 1 rings (SSSR count). The van der Waals surface area contributed by atoms with Crippen molar-refractivity contribution in [1.29, 1.82) is 0 Å². The van der Waals surface area contributed by atoms with Crippen LogP contribution in [0.2, 0.25) is 0 Å². The molecule has 3 heteroatoms. The van der Waals surface area contributed by atoms with Gasteiger partial charge in [0.1, 0.15) is 0 Å². The molecule has 0 fully saturated rings. The number of rotatable bonds is 4. The van der Waals surface area contributed by atoms with Crippen LogP contribution in [0.25, 0.3) is 0 Å². The fourth-order valence-corrected chi connectivity index (χ4v) is 1.76. The molecule has 1 heterocycles. The average Bonchev–Trinajstić information content (AvgIpc) is 2.48. The van der Waals surface area contributed by atoms with Crippen LogP contribution in [0.1, 0.15) is 56.5 Å². The van der Waals surface area contributed by atoms with Gasteiger partial charge in [0.2, 0.25) is 0 Å². The lowest BCUT2D eigenvalue weighted by atomic mass is 9.97. The predicted molar refractivity (Wildman–Crippen MR) is 59.5 cm³/mol. The molecule has 0 atom stereocenters. The summed E-state index contributed by atoms with van der Waals surface area (Å²) in [6.45, 7) is 9.38. The SMILES string of the molecule is CC(C)c1n[nH]c(C(C)C)c1CCN. The Labute approximate surface area is 86.1 Å². The van der Waals surface area contributed by atoms with Crippen LogP contribution in [0.5, 0.6) is 0 Å². The molecule has 0 aliphatic rings. The Balaban J connectivity index is 3.06. The summed E-state index contributed by atoms with van der Waals surface area (Å²) < 4.78 is 0. The lowest BCUT2D eigenvalue weighted by Gasteiger charge is -2.08. The molecule has 1 aromatic rings. The van der Waals surface area contributed by atoms with Crippen LogP contribution in [0, 0.1) is 0 Å². The Bertz CT molecular complexity index is 261. The zero-order chi connectivity index (χ0) is 10.7. The molecular formula is C11H21N3. The van der Waals surface area contributed by atoms with E-state index in [1.807, 2.05) is 0 Å². The minimum Gasteiger partial charge on any atom is -0.330 e. The van der Waals surface area contributed by atoms with Crippen molar-refractivity contribution in [1.82, 2.24) is 10.2 Å². The van der Waals surface area contributed by atoms with Crippen LogP contribution in [0.3, 0.4) is 0 Å². The molecule has 80 valence electrons. The van der Waals surface area contributed by atoms with Crippen molar-refractivity contribution in [3.8, 4) is 0 Å². The first-order chi connectivity index (χ1) is 6.57. The second kappa shape index (κ2) is 4.60. The summed E-state index contributed by atoms with van der Waals surface area (Å²) in [5, 5.41) is 7.51. The van der Waals surface area contributed by atoms with Crippen LogP contribution < -0.4 is 5.73 Å². The molecule has 0 amide bonds. The van der Waals surface area contributed by atoms with Crippen molar-refractivity contribution < 1.29 is 0 Å². The first kappa shape index (κ1) is 11.2. The standard InChI is InChI=1S/C11H21N3/c1-7(2)10-9(5-6-12)11(8(3)4)14-13-10/h7-8H,5-6,12H2,1-4H3,(H,13,14). The maximum Gasteiger partial charge on any atom is 0.0682 e. The van der Waals surface area contributed by atoms with Gasteiger partial charge >= 0.3 is 0 Å². The van der Waals surface area contributed by atoms with E-state index in [-0.39, 0.29) is 0 Å². The van der Waals surface area contributed by atoms with Crippen LogP contribution in [0.4, 0.5) is 0 Å². The molecule has 0 saturated heterocycles. The molecule has 3 N–H and O–H groups in total. The lowest BCUT2D eigenvalue weighted by molar-refractivity contribution is 0.791. The van der Waals surface area contributed by atoms with E-state index in [1.165, 1.54) is 17.0 Å². The van der Waals surface area contributed by atoms with Gasteiger partial charge in [-0.25, -0.2) is 0 Å². The number of aromatic nitrogens is 2. The Kier molecular flexibility index (Phi) is 3.69. The minimum atomic E-state index is 0.472. The zero-order valence-corrected chi connectivity index (χ0v) is 9.59. The van der Waals surface area contributed by atoms with Gasteiger partial charge in [0.05, 0.1) is 5.69 Å². The van der Waals surface area contributed by atoms with E-state index in [0.29, 0.717) is 18.4 Å². The van der Waals surface area contributed by atoms with Crippen molar-refractivity contribution in [2.75, 3.05) is 6.54 Å². The monoisotopic (exact) mass is 195 g/mol.